The van der Waals surface area contributed by atoms with E-state index in [9.17, 15) is 4.79 Å². The minimum atomic E-state index is 0.187. The second kappa shape index (κ2) is 4.77. The summed E-state index contributed by atoms with van der Waals surface area (Å²) in [6.07, 6.45) is 1.25. The van der Waals surface area contributed by atoms with Crippen molar-refractivity contribution in [1.29, 1.82) is 0 Å². The fraction of sp³-hybridized carbons (Fsp3) is 0.300. The molecule has 1 nitrogen and oxygen atoms in total. The number of carbonyl (C=O) groups excluding carboxylic acids is 1. The van der Waals surface area contributed by atoms with Gasteiger partial charge in [0.25, 0.3) is 0 Å². The lowest BCUT2D eigenvalue weighted by Gasteiger charge is -2.04. The smallest absolute Gasteiger partial charge is 0.130 e. The Morgan fingerprint density at radius 2 is 2.23 bits per heavy atom. The predicted molar refractivity (Wildman–Crippen MR) is 58.2 cm³/mol. The Labute approximate surface area is 91.2 Å². The van der Waals surface area contributed by atoms with E-state index >= 15 is 0 Å². The van der Waals surface area contributed by atoms with E-state index in [-0.39, 0.29) is 5.78 Å². The highest BCUT2D eigenvalue weighted by Crippen LogP contribution is 2.25. The number of benzene rings is 1. The minimum absolute atomic E-state index is 0.187. The lowest BCUT2D eigenvalue weighted by molar-refractivity contribution is -0.116. The first-order valence-electron chi connectivity index (χ1n) is 4.03. The van der Waals surface area contributed by atoms with Gasteiger partial charge in [0.15, 0.2) is 0 Å². The van der Waals surface area contributed by atoms with Crippen molar-refractivity contribution in [3.63, 3.8) is 0 Å². The van der Waals surface area contributed by atoms with Crippen LogP contribution in [0.5, 0.6) is 0 Å². The van der Waals surface area contributed by atoms with Gasteiger partial charge in [0.1, 0.15) is 5.78 Å². The van der Waals surface area contributed by atoms with Crippen LogP contribution in [0.3, 0.4) is 0 Å². The molecule has 0 aliphatic rings. The Hall–Kier alpha value is -0.340. The molecule has 0 N–H and O–H groups in total. The lowest BCUT2D eigenvalue weighted by atomic mass is 10.1. The predicted octanol–water partition coefficient (Wildman–Crippen LogP) is 3.62. The third-order valence-electron chi connectivity index (χ3n) is 1.79. The third kappa shape index (κ3) is 3.12. The highest BCUT2D eigenvalue weighted by Gasteiger charge is 2.05. The van der Waals surface area contributed by atoms with Crippen LogP contribution >= 0.6 is 27.5 Å². The van der Waals surface area contributed by atoms with E-state index in [1.54, 1.807) is 6.92 Å². The van der Waals surface area contributed by atoms with Gasteiger partial charge in [-0.05, 0) is 31.0 Å². The molecule has 13 heavy (non-hydrogen) atoms. The van der Waals surface area contributed by atoms with E-state index in [1.807, 2.05) is 18.2 Å². The average molecular weight is 262 g/mol. The number of hydrogen-bond donors (Lipinski definition) is 0. The summed E-state index contributed by atoms with van der Waals surface area (Å²) in [7, 11) is 0. The van der Waals surface area contributed by atoms with Crippen LogP contribution in [0.1, 0.15) is 18.9 Å². The normalized spacial score (nSPS) is 10.1. The van der Waals surface area contributed by atoms with Gasteiger partial charge in [0.2, 0.25) is 0 Å². The monoisotopic (exact) mass is 260 g/mol. The molecule has 0 saturated carbocycles. The Balaban J connectivity index is 2.81. The maximum Gasteiger partial charge on any atom is 0.130 e. The van der Waals surface area contributed by atoms with Gasteiger partial charge in [-0.1, -0.05) is 33.6 Å². The maximum atomic E-state index is 10.8. The molecule has 1 rings (SSSR count). The molecule has 1 aromatic carbocycles. The minimum Gasteiger partial charge on any atom is -0.300 e. The number of hydrogen-bond acceptors (Lipinski definition) is 1. The van der Waals surface area contributed by atoms with Crippen molar-refractivity contribution in [2.45, 2.75) is 19.8 Å². The summed E-state index contributed by atoms with van der Waals surface area (Å²) in [5.41, 5.74) is 1.01. The molecule has 0 aliphatic heterocycles. The fourth-order valence-electron chi connectivity index (χ4n) is 1.07. The van der Waals surface area contributed by atoms with E-state index in [2.05, 4.69) is 15.9 Å². The number of halogens is 2. The van der Waals surface area contributed by atoms with Crippen LogP contribution in [0, 0.1) is 0 Å². The van der Waals surface area contributed by atoms with Crippen molar-refractivity contribution in [3.05, 3.63) is 33.3 Å². The van der Waals surface area contributed by atoms with Crippen LogP contribution in [0.15, 0.2) is 22.7 Å². The average Bonchev–Trinajstić information content (AvgIpc) is 2.03. The largest absolute Gasteiger partial charge is 0.300 e. The molecular weight excluding hydrogens is 251 g/mol. The molecule has 0 saturated heterocycles. The van der Waals surface area contributed by atoms with Crippen LogP contribution in [0.25, 0.3) is 0 Å². The molecule has 0 bridgehead atoms. The highest BCUT2D eigenvalue weighted by molar-refractivity contribution is 9.10. The summed E-state index contributed by atoms with van der Waals surface area (Å²) in [6.45, 7) is 1.59. The van der Waals surface area contributed by atoms with E-state index in [0.29, 0.717) is 12.8 Å². The standard InChI is InChI=1S/C10H10BrClO/c1-7(13)5-6-8-9(11)3-2-4-10(8)12/h2-4H,5-6H2,1H3. The molecule has 0 atom stereocenters. The Morgan fingerprint density at radius 3 is 2.77 bits per heavy atom. The Bertz CT molecular complexity index is 302. The zero-order valence-electron chi connectivity index (χ0n) is 7.31. The SMILES string of the molecule is CC(=O)CCc1c(Cl)cccc1Br. The molecule has 70 valence electrons. The fourth-order valence-corrected chi connectivity index (χ4v) is 2.02. The van der Waals surface area contributed by atoms with E-state index in [0.717, 1.165) is 15.1 Å². The van der Waals surface area contributed by atoms with Gasteiger partial charge < -0.3 is 4.79 Å². The molecular formula is C10H10BrClO. The maximum absolute atomic E-state index is 10.8. The molecule has 1 aromatic rings. The lowest BCUT2D eigenvalue weighted by Crippen LogP contribution is -1.95. The summed E-state index contributed by atoms with van der Waals surface area (Å²) in [5, 5.41) is 0.718. The van der Waals surface area contributed by atoms with E-state index < -0.39 is 0 Å². The number of Topliss-reactive ketones (excluding diaryl/α,β-unsaturated/α-hetero) is 1. The quantitative estimate of drug-likeness (QED) is 0.812. The van der Waals surface area contributed by atoms with Gasteiger partial charge in [0, 0.05) is 15.9 Å². The van der Waals surface area contributed by atoms with E-state index in [1.165, 1.54) is 0 Å². The molecule has 3 heteroatoms. The second-order valence-electron chi connectivity index (χ2n) is 2.90. The molecule has 0 radical (unpaired) electrons. The van der Waals surface area contributed by atoms with Crippen molar-refractivity contribution >= 4 is 33.3 Å². The van der Waals surface area contributed by atoms with Crippen molar-refractivity contribution in [2.75, 3.05) is 0 Å². The first kappa shape index (κ1) is 10.7. The summed E-state index contributed by atoms with van der Waals surface area (Å²) >= 11 is 9.37. The molecule has 0 amide bonds. The van der Waals surface area contributed by atoms with Gasteiger partial charge in [-0.25, -0.2) is 0 Å². The summed E-state index contributed by atoms with van der Waals surface area (Å²) in [6, 6.07) is 5.65. The van der Waals surface area contributed by atoms with Crippen molar-refractivity contribution in [3.8, 4) is 0 Å². The Morgan fingerprint density at radius 1 is 1.54 bits per heavy atom. The number of rotatable bonds is 3. The van der Waals surface area contributed by atoms with Crippen LogP contribution in [-0.4, -0.2) is 5.78 Å². The zero-order chi connectivity index (χ0) is 9.84. The summed E-state index contributed by atoms with van der Waals surface area (Å²) in [4.78, 5) is 10.8. The molecule has 0 unspecified atom stereocenters. The van der Waals surface area contributed by atoms with Crippen molar-refractivity contribution < 1.29 is 4.79 Å². The molecule has 0 aromatic heterocycles. The van der Waals surface area contributed by atoms with Crippen LogP contribution in [-0.2, 0) is 11.2 Å². The zero-order valence-corrected chi connectivity index (χ0v) is 9.65. The third-order valence-corrected chi connectivity index (χ3v) is 2.89. The number of ketones is 1. The van der Waals surface area contributed by atoms with Gasteiger partial charge in [-0.15, -0.1) is 0 Å². The van der Waals surface area contributed by atoms with Gasteiger partial charge in [0.05, 0.1) is 0 Å². The van der Waals surface area contributed by atoms with Crippen LogP contribution < -0.4 is 0 Å². The molecule has 0 aliphatic carbocycles. The van der Waals surface area contributed by atoms with Crippen LogP contribution in [0.4, 0.5) is 0 Å². The van der Waals surface area contributed by atoms with Crippen molar-refractivity contribution in [2.24, 2.45) is 0 Å². The molecule has 0 spiro atoms. The first-order chi connectivity index (χ1) is 6.11. The van der Waals surface area contributed by atoms with E-state index in [4.69, 9.17) is 11.6 Å². The summed E-state index contributed by atoms with van der Waals surface area (Å²) in [5.74, 6) is 0.187. The van der Waals surface area contributed by atoms with Gasteiger partial charge in [-0.2, -0.15) is 0 Å². The van der Waals surface area contributed by atoms with Crippen molar-refractivity contribution in [1.82, 2.24) is 0 Å². The summed E-state index contributed by atoms with van der Waals surface area (Å²) < 4.78 is 0.973. The van der Waals surface area contributed by atoms with Gasteiger partial charge >= 0.3 is 0 Å². The topological polar surface area (TPSA) is 17.1 Å². The molecule has 0 fully saturated rings. The van der Waals surface area contributed by atoms with Crippen LogP contribution in [0.2, 0.25) is 5.02 Å². The highest BCUT2D eigenvalue weighted by atomic mass is 79.9. The first-order valence-corrected chi connectivity index (χ1v) is 5.20. The van der Waals surface area contributed by atoms with Gasteiger partial charge in [-0.3, -0.25) is 0 Å². The second-order valence-corrected chi connectivity index (χ2v) is 4.16. The molecule has 0 heterocycles. The Kier molecular flexibility index (Phi) is 3.94. The number of carbonyl (C=O) groups is 1.